The zero-order valence-corrected chi connectivity index (χ0v) is 5.96. The van der Waals surface area contributed by atoms with Crippen LogP contribution in [0.2, 0.25) is 0 Å². The maximum Gasteiger partial charge on any atom is 0.0790 e. The monoisotopic (exact) mass is 150 g/mol. The number of nitrogens with two attached hydrogens (primary N) is 3. The molecule has 0 saturated carbocycles. The fraction of sp³-hybridized carbons (Fsp3) is 0. The van der Waals surface area contributed by atoms with E-state index in [4.69, 9.17) is 22.6 Å². The van der Waals surface area contributed by atoms with Crippen LogP contribution >= 0.6 is 0 Å². The minimum atomic E-state index is 0.194. The Labute approximate surface area is 64.1 Å². The van der Waals surface area contributed by atoms with Gasteiger partial charge in [0.1, 0.15) is 0 Å². The van der Waals surface area contributed by atoms with Gasteiger partial charge in [-0.15, -0.1) is 0 Å². The van der Waals surface area contributed by atoms with Gasteiger partial charge in [0, 0.05) is 11.4 Å². The highest BCUT2D eigenvalue weighted by Crippen LogP contribution is 2.06. The predicted molar refractivity (Wildman–Crippen MR) is 45.5 cm³/mol. The van der Waals surface area contributed by atoms with Crippen molar-refractivity contribution >= 4 is 17.1 Å². The molecule has 0 atom stereocenters. The molecule has 1 aromatic carbocycles. The molecule has 0 bridgehead atoms. The summed E-state index contributed by atoms with van der Waals surface area (Å²) in [5.74, 6) is 0. The van der Waals surface area contributed by atoms with Gasteiger partial charge < -0.3 is 17.2 Å². The Kier molecular flexibility index (Phi) is 1.68. The molecule has 4 heteroatoms. The second-order valence-electron chi connectivity index (χ2n) is 2.30. The highest BCUT2D eigenvalue weighted by atomic mass is 14.6. The topological polar surface area (TPSA) is 102 Å². The number of anilines is 3. The molecule has 0 saturated heterocycles. The average molecular weight is 150 g/mol. The Hall–Kier alpha value is -1.71. The second kappa shape index (κ2) is 2.49. The van der Waals surface area contributed by atoms with Crippen LogP contribution in [0.3, 0.4) is 0 Å². The lowest BCUT2D eigenvalue weighted by Gasteiger charge is -1.85. The van der Waals surface area contributed by atoms with Crippen molar-refractivity contribution in [3.05, 3.63) is 23.6 Å². The highest BCUT2D eigenvalue weighted by Gasteiger charge is 1.90. The molecule has 0 amide bonds. The van der Waals surface area contributed by atoms with Gasteiger partial charge in [-0.3, -0.25) is 5.41 Å². The van der Waals surface area contributed by atoms with Gasteiger partial charge in [0.2, 0.25) is 0 Å². The summed E-state index contributed by atoms with van der Waals surface area (Å²) in [5.41, 5.74) is 17.6. The van der Waals surface area contributed by atoms with Gasteiger partial charge in [-0.05, 0) is 18.2 Å². The maximum absolute atomic E-state index is 7.32. The summed E-state index contributed by atoms with van der Waals surface area (Å²) in [4.78, 5) is 0. The zero-order chi connectivity index (χ0) is 8.43. The molecule has 0 fully saturated rings. The van der Waals surface area contributed by atoms with Crippen molar-refractivity contribution in [3.63, 3.8) is 0 Å². The predicted octanol–water partition coefficient (Wildman–Crippen LogP) is -0.0873. The Morgan fingerprint density at radius 3 is 2.09 bits per heavy atom. The summed E-state index contributed by atoms with van der Waals surface area (Å²) in [6, 6.07) is 4.54. The summed E-state index contributed by atoms with van der Waals surface area (Å²) in [7, 11) is 0. The number of hydrogen-bond donors (Lipinski definition) is 4. The number of rotatable bonds is 0. The summed E-state index contributed by atoms with van der Waals surface area (Å²) in [6.45, 7) is 0. The van der Waals surface area contributed by atoms with Gasteiger partial charge in [0.05, 0.1) is 11.0 Å². The van der Waals surface area contributed by atoms with Crippen molar-refractivity contribution in [2.75, 3.05) is 17.2 Å². The summed E-state index contributed by atoms with van der Waals surface area (Å²) in [6.07, 6.45) is 0. The molecule has 7 N–H and O–H groups in total. The van der Waals surface area contributed by atoms with Crippen LogP contribution in [0.1, 0.15) is 0 Å². The molecule has 1 aromatic rings. The second-order valence-corrected chi connectivity index (χ2v) is 2.30. The van der Waals surface area contributed by atoms with Crippen molar-refractivity contribution in [1.82, 2.24) is 0 Å². The van der Waals surface area contributed by atoms with E-state index in [0.29, 0.717) is 17.1 Å². The van der Waals surface area contributed by atoms with Gasteiger partial charge >= 0.3 is 0 Å². The molecule has 58 valence electrons. The molecule has 0 heterocycles. The van der Waals surface area contributed by atoms with Crippen molar-refractivity contribution in [3.8, 4) is 0 Å². The molecule has 0 unspecified atom stereocenters. The van der Waals surface area contributed by atoms with Crippen LogP contribution in [0.4, 0.5) is 17.1 Å². The lowest BCUT2D eigenvalue weighted by atomic mass is 10.4. The van der Waals surface area contributed by atoms with E-state index in [2.05, 4.69) is 0 Å². The third-order valence-corrected chi connectivity index (χ3v) is 1.28. The first-order valence-electron chi connectivity index (χ1n) is 3.10. The third kappa shape index (κ3) is 1.61. The van der Waals surface area contributed by atoms with E-state index in [0.717, 1.165) is 0 Å². The quantitative estimate of drug-likeness (QED) is 0.415. The van der Waals surface area contributed by atoms with E-state index < -0.39 is 0 Å². The van der Waals surface area contributed by atoms with Crippen LogP contribution in [-0.2, 0) is 0 Å². The molecule has 11 heavy (non-hydrogen) atoms. The fourth-order valence-electron chi connectivity index (χ4n) is 0.783. The van der Waals surface area contributed by atoms with E-state index in [1.54, 1.807) is 6.07 Å². The van der Waals surface area contributed by atoms with Crippen molar-refractivity contribution < 1.29 is 0 Å². The number of nitrogens with one attached hydrogen (secondary N) is 1. The molecule has 0 radical (unpaired) electrons. The van der Waals surface area contributed by atoms with E-state index in [9.17, 15) is 0 Å². The SMILES string of the molecule is N=c1cc(N)cc(N)cc1N. The maximum atomic E-state index is 7.32. The number of nitrogen functional groups attached to an aromatic ring is 3. The van der Waals surface area contributed by atoms with Crippen molar-refractivity contribution in [2.45, 2.75) is 0 Å². The standard InChI is InChI=1S/C7H10N4/c8-4-1-5(9)3-7(11)6(10)2-4/h1-3H,8-9H2,(H3,10,11). The summed E-state index contributed by atoms with van der Waals surface area (Å²) in [5, 5.41) is 7.51. The first-order valence-corrected chi connectivity index (χ1v) is 3.10. The van der Waals surface area contributed by atoms with Crippen LogP contribution < -0.4 is 22.6 Å². The molecular weight excluding hydrogens is 140 g/mol. The van der Waals surface area contributed by atoms with Gasteiger partial charge in [-0.1, -0.05) is 0 Å². The van der Waals surface area contributed by atoms with Crippen LogP contribution in [0.5, 0.6) is 0 Å². The van der Waals surface area contributed by atoms with Crippen LogP contribution in [0.15, 0.2) is 18.2 Å². The zero-order valence-electron chi connectivity index (χ0n) is 5.96. The largest absolute Gasteiger partial charge is 0.399 e. The fourth-order valence-corrected chi connectivity index (χ4v) is 0.783. The molecule has 0 aliphatic carbocycles. The Morgan fingerprint density at radius 2 is 1.45 bits per heavy atom. The Morgan fingerprint density at radius 1 is 0.909 bits per heavy atom. The van der Waals surface area contributed by atoms with Crippen molar-refractivity contribution in [1.29, 1.82) is 5.41 Å². The van der Waals surface area contributed by atoms with Gasteiger partial charge in [-0.25, -0.2) is 0 Å². The third-order valence-electron chi connectivity index (χ3n) is 1.28. The molecular formula is C7H10N4. The Bertz CT molecular complexity index is 332. The highest BCUT2D eigenvalue weighted by molar-refractivity contribution is 5.56. The van der Waals surface area contributed by atoms with E-state index >= 15 is 0 Å². The molecule has 0 aliphatic heterocycles. The first-order chi connectivity index (χ1) is 5.09. The molecule has 1 rings (SSSR count). The van der Waals surface area contributed by atoms with Crippen LogP contribution in [-0.4, -0.2) is 0 Å². The Balaban J connectivity index is 3.54. The lowest BCUT2D eigenvalue weighted by Crippen LogP contribution is -2.03. The molecule has 0 aliphatic rings. The van der Waals surface area contributed by atoms with E-state index in [1.807, 2.05) is 0 Å². The lowest BCUT2D eigenvalue weighted by molar-refractivity contribution is 1.29. The minimum absolute atomic E-state index is 0.194. The smallest absolute Gasteiger partial charge is 0.0790 e. The minimum Gasteiger partial charge on any atom is -0.399 e. The number of hydrogen-bond acceptors (Lipinski definition) is 4. The summed E-state index contributed by atoms with van der Waals surface area (Å²) >= 11 is 0. The summed E-state index contributed by atoms with van der Waals surface area (Å²) < 4.78 is 0. The molecule has 0 spiro atoms. The van der Waals surface area contributed by atoms with E-state index in [1.165, 1.54) is 12.1 Å². The first kappa shape index (κ1) is 7.40. The van der Waals surface area contributed by atoms with Gasteiger partial charge in [0.15, 0.2) is 0 Å². The molecule has 0 aromatic heterocycles. The van der Waals surface area contributed by atoms with Gasteiger partial charge in [0.25, 0.3) is 0 Å². The van der Waals surface area contributed by atoms with Crippen LogP contribution in [0.25, 0.3) is 0 Å². The van der Waals surface area contributed by atoms with E-state index in [-0.39, 0.29) is 5.36 Å². The van der Waals surface area contributed by atoms with Crippen molar-refractivity contribution in [2.24, 2.45) is 0 Å². The van der Waals surface area contributed by atoms with Crippen LogP contribution in [0, 0.1) is 5.41 Å². The average Bonchev–Trinajstić information content (AvgIpc) is 1.93. The van der Waals surface area contributed by atoms with Gasteiger partial charge in [-0.2, -0.15) is 0 Å². The normalized spacial score (nSPS) is 9.45. The molecule has 4 nitrogen and oxygen atoms in total.